The lowest BCUT2D eigenvalue weighted by molar-refractivity contribution is 0.376. The molecular formula is C17H17Cl3N6O3. The summed E-state index contributed by atoms with van der Waals surface area (Å²) >= 11 is 17.9. The summed E-state index contributed by atoms with van der Waals surface area (Å²) in [6.45, 7) is 1.85. The Bertz CT molecular complexity index is 1260. The molecule has 0 radical (unpaired) electrons. The zero-order valence-electron chi connectivity index (χ0n) is 16.0. The van der Waals surface area contributed by atoms with E-state index in [9.17, 15) is 9.59 Å². The molecule has 1 aromatic carbocycles. The van der Waals surface area contributed by atoms with Gasteiger partial charge in [-0.25, -0.2) is 10.2 Å². The van der Waals surface area contributed by atoms with Gasteiger partial charge in [-0.2, -0.15) is 10.1 Å². The molecule has 3 rings (SSSR count). The van der Waals surface area contributed by atoms with Gasteiger partial charge in [-0.3, -0.25) is 13.9 Å². The van der Waals surface area contributed by atoms with Crippen LogP contribution in [-0.4, -0.2) is 31.0 Å². The van der Waals surface area contributed by atoms with E-state index in [1.54, 1.807) is 21.0 Å². The Hall–Kier alpha value is -2.49. The molecule has 0 unspecified atom stereocenters. The van der Waals surface area contributed by atoms with E-state index in [0.717, 1.165) is 4.57 Å². The predicted octanol–water partition coefficient (Wildman–Crippen LogP) is 2.80. The standard InChI is InChI=1S/C17H17Cl3N6O3/c1-8(7-29-12-6-10(19)9(18)5-11(12)20)22-23-16-21-14-13(24(16)2)15(27)26(4)17(28)25(14)3/h5-6H,7H2,1-4H3,(H,21,23). The van der Waals surface area contributed by atoms with Gasteiger partial charge in [0.2, 0.25) is 5.95 Å². The maximum absolute atomic E-state index is 12.4. The number of aromatic nitrogens is 4. The van der Waals surface area contributed by atoms with Crippen molar-refractivity contribution in [1.29, 1.82) is 0 Å². The summed E-state index contributed by atoms with van der Waals surface area (Å²) in [6, 6.07) is 3.02. The van der Waals surface area contributed by atoms with Crippen molar-refractivity contribution in [3.8, 4) is 5.75 Å². The van der Waals surface area contributed by atoms with Gasteiger partial charge in [-0.15, -0.1) is 0 Å². The number of hydrazone groups is 1. The van der Waals surface area contributed by atoms with E-state index in [1.807, 2.05) is 0 Å². The van der Waals surface area contributed by atoms with Crippen LogP contribution >= 0.6 is 34.8 Å². The van der Waals surface area contributed by atoms with E-state index < -0.39 is 11.2 Å². The Labute approximate surface area is 180 Å². The molecule has 0 saturated heterocycles. The van der Waals surface area contributed by atoms with E-state index in [1.165, 1.54) is 28.3 Å². The van der Waals surface area contributed by atoms with Gasteiger partial charge in [0.05, 0.1) is 20.8 Å². The van der Waals surface area contributed by atoms with E-state index in [-0.39, 0.29) is 17.8 Å². The van der Waals surface area contributed by atoms with Crippen LogP contribution < -0.4 is 21.4 Å². The van der Waals surface area contributed by atoms with Crippen LogP contribution in [-0.2, 0) is 21.1 Å². The van der Waals surface area contributed by atoms with Gasteiger partial charge in [0, 0.05) is 27.2 Å². The normalized spacial score (nSPS) is 11.9. The molecule has 0 spiro atoms. The SMILES string of the molecule is CC(COc1cc(Cl)c(Cl)cc1Cl)=NNc1nc2c(c(=O)n(C)c(=O)n2C)n1C. The number of rotatable bonds is 5. The molecular weight excluding hydrogens is 443 g/mol. The second-order valence-electron chi connectivity index (χ2n) is 6.32. The van der Waals surface area contributed by atoms with E-state index >= 15 is 0 Å². The minimum Gasteiger partial charge on any atom is -0.486 e. The zero-order valence-corrected chi connectivity index (χ0v) is 18.2. The first kappa shape index (κ1) is 21.2. The summed E-state index contributed by atoms with van der Waals surface area (Å²) in [6.07, 6.45) is 0. The number of hydrogen-bond acceptors (Lipinski definition) is 6. The van der Waals surface area contributed by atoms with Crippen LogP contribution in [0.3, 0.4) is 0 Å². The minimum absolute atomic E-state index is 0.120. The number of nitrogens with zero attached hydrogens (tertiary/aromatic N) is 5. The van der Waals surface area contributed by atoms with Crippen molar-refractivity contribution >= 4 is 57.6 Å². The highest BCUT2D eigenvalue weighted by Crippen LogP contribution is 2.33. The van der Waals surface area contributed by atoms with Crippen LogP contribution in [0.5, 0.6) is 5.75 Å². The van der Waals surface area contributed by atoms with Crippen molar-refractivity contribution in [2.75, 3.05) is 12.0 Å². The molecule has 0 bridgehead atoms. The molecule has 0 atom stereocenters. The molecule has 2 heterocycles. The highest BCUT2D eigenvalue weighted by molar-refractivity contribution is 6.43. The fourth-order valence-corrected chi connectivity index (χ4v) is 3.18. The summed E-state index contributed by atoms with van der Waals surface area (Å²) in [7, 11) is 4.61. The molecule has 9 nitrogen and oxygen atoms in total. The second kappa shape index (κ2) is 8.10. The Morgan fingerprint density at radius 3 is 2.41 bits per heavy atom. The quantitative estimate of drug-likeness (QED) is 0.360. The van der Waals surface area contributed by atoms with Gasteiger partial charge in [0.15, 0.2) is 11.2 Å². The van der Waals surface area contributed by atoms with E-state index in [4.69, 9.17) is 39.5 Å². The maximum Gasteiger partial charge on any atom is 0.332 e. The molecule has 29 heavy (non-hydrogen) atoms. The summed E-state index contributed by atoms with van der Waals surface area (Å²) < 4.78 is 9.47. The van der Waals surface area contributed by atoms with Gasteiger partial charge >= 0.3 is 5.69 Å². The lowest BCUT2D eigenvalue weighted by Crippen LogP contribution is -2.37. The molecule has 3 aromatic rings. The Balaban J connectivity index is 1.82. The monoisotopic (exact) mass is 458 g/mol. The summed E-state index contributed by atoms with van der Waals surface area (Å²) in [5.41, 5.74) is 2.99. The van der Waals surface area contributed by atoms with Crippen LogP contribution in [0.4, 0.5) is 5.95 Å². The number of fused-ring (bicyclic) bond motifs is 1. The first-order valence-corrected chi connectivity index (χ1v) is 9.44. The average Bonchev–Trinajstić information content (AvgIpc) is 3.01. The average molecular weight is 460 g/mol. The molecule has 0 amide bonds. The fourth-order valence-electron chi connectivity index (χ4n) is 2.59. The molecule has 0 aliphatic rings. The highest BCUT2D eigenvalue weighted by atomic mass is 35.5. The molecule has 0 saturated carbocycles. The van der Waals surface area contributed by atoms with Crippen molar-refractivity contribution < 1.29 is 4.74 Å². The van der Waals surface area contributed by atoms with E-state index in [2.05, 4.69) is 15.5 Å². The number of imidazole rings is 1. The van der Waals surface area contributed by atoms with Gasteiger partial charge in [-0.1, -0.05) is 34.8 Å². The molecule has 1 N–H and O–H groups in total. The first-order valence-electron chi connectivity index (χ1n) is 8.30. The third-order valence-electron chi connectivity index (χ3n) is 4.23. The number of ether oxygens (including phenoxy) is 1. The number of anilines is 1. The number of hydrogen-bond donors (Lipinski definition) is 1. The molecule has 154 valence electrons. The maximum atomic E-state index is 12.4. The van der Waals surface area contributed by atoms with Crippen molar-refractivity contribution in [3.05, 3.63) is 48.0 Å². The Morgan fingerprint density at radius 1 is 1.07 bits per heavy atom. The molecule has 2 aromatic heterocycles. The third kappa shape index (κ3) is 3.98. The minimum atomic E-state index is -0.460. The topological polar surface area (TPSA) is 95.4 Å². The molecule has 12 heteroatoms. The Morgan fingerprint density at radius 2 is 1.72 bits per heavy atom. The smallest absolute Gasteiger partial charge is 0.332 e. The predicted molar refractivity (Wildman–Crippen MR) is 115 cm³/mol. The Kier molecular flexibility index (Phi) is 5.92. The summed E-state index contributed by atoms with van der Waals surface area (Å²) in [4.78, 5) is 28.8. The fraction of sp³-hybridized carbons (Fsp3) is 0.294. The van der Waals surface area contributed by atoms with Gasteiger partial charge < -0.3 is 9.30 Å². The first-order chi connectivity index (χ1) is 13.6. The summed E-state index contributed by atoms with van der Waals surface area (Å²) in [5, 5.41) is 5.18. The van der Waals surface area contributed by atoms with Crippen molar-refractivity contribution in [1.82, 2.24) is 18.7 Å². The zero-order chi connectivity index (χ0) is 21.5. The third-order valence-corrected chi connectivity index (χ3v) is 5.25. The van der Waals surface area contributed by atoms with Crippen LogP contribution in [0.15, 0.2) is 26.8 Å². The lowest BCUT2D eigenvalue weighted by atomic mass is 10.3. The second-order valence-corrected chi connectivity index (χ2v) is 7.54. The van der Waals surface area contributed by atoms with Crippen molar-refractivity contribution in [2.24, 2.45) is 26.2 Å². The van der Waals surface area contributed by atoms with Crippen molar-refractivity contribution in [2.45, 2.75) is 6.92 Å². The van der Waals surface area contributed by atoms with Gasteiger partial charge in [0.1, 0.15) is 12.4 Å². The number of aryl methyl sites for hydroxylation is 2. The van der Waals surface area contributed by atoms with Crippen LogP contribution in [0, 0.1) is 0 Å². The molecule has 0 fully saturated rings. The summed E-state index contributed by atoms with van der Waals surface area (Å²) in [5.74, 6) is 0.669. The lowest BCUT2D eigenvalue weighted by Gasteiger charge is -2.09. The number of benzene rings is 1. The van der Waals surface area contributed by atoms with E-state index in [0.29, 0.717) is 32.5 Å². The van der Waals surface area contributed by atoms with Crippen molar-refractivity contribution in [3.63, 3.8) is 0 Å². The molecule has 0 aliphatic heterocycles. The van der Waals surface area contributed by atoms with Gasteiger partial charge in [0.25, 0.3) is 5.56 Å². The van der Waals surface area contributed by atoms with Crippen LogP contribution in [0.1, 0.15) is 6.92 Å². The van der Waals surface area contributed by atoms with Crippen LogP contribution in [0.25, 0.3) is 11.2 Å². The highest BCUT2D eigenvalue weighted by Gasteiger charge is 2.16. The number of nitrogens with one attached hydrogen (secondary N) is 1. The largest absolute Gasteiger partial charge is 0.486 e. The van der Waals surface area contributed by atoms with Gasteiger partial charge in [-0.05, 0) is 13.0 Å². The number of halogens is 3. The molecule has 0 aliphatic carbocycles. The van der Waals surface area contributed by atoms with Crippen LogP contribution in [0.2, 0.25) is 15.1 Å².